The lowest BCUT2D eigenvalue weighted by atomic mass is 9.84. The van der Waals surface area contributed by atoms with E-state index in [0.717, 1.165) is 11.6 Å². The van der Waals surface area contributed by atoms with Crippen LogP contribution in [0.4, 0.5) is 18.9 Å². The van der Waals surface area contributed by atoms with Crippen molar-refractivity contribution in [1.29, 1.82) is 0 Å². The summed E-state index contributed by atoms with van der Waals surface area (Å²) in [6, 6.07) is 1.02. The second-order valence-electron chi connectivity index (χ2n) is 5.70. The first-order chi connectivity index (χ1) is 9.20. The van der Waals surface area contributed by atoms with Gasteiger partial charge >= 0.3 is 6.18 Å². The minimum Gasteiger partial charge on any atom is -0.493 e. The minimum absolute atomic E-state index is 0.0473. The number of hydrogen-bond acceptors (Lipinski definition) is 3. The van der Waals surface area contributed by atoms with E-state index in [1.54, 1.807) is 13.8 Å². The van der Waals surface area contributed by atoms with Crippen LogP contribution in [0.1, 0.15) is 30.5 Å². The van der Waals surface area contributed by atoms with Gasteiger partial charge in [-0.15, -0.1) is 0 Å². The molecule has 0 amide bonds. The number of carbonyl (C=O) groups excluding carboxylic acids is 1. The maximum Gasteiger partial charge on any atom is 0.416 e. The van der Waals surface area contributed by atoms with Gasteiger partial charge in [0, 0.05) is 24.1 Å². The maximum absolute atomic E-state index is 13.2. The number of anilines is 1. The molecule has 3 nitrogen and oxygen atoms in total. The van der Waals surface area contributed by atoms with Crippen LogP contribution < -0.4 is 10.1 Å². The second kappa shape index (κ2) is 3.90. The molecule has 0 bridgehead atoms. The molecular weight excluding hydrogens is 271 g/mol. The summed E-state index contributed by atoms with van der Waals surface area (Å²) in [5.74, 6) is 0.0306. The van der Waals surface area contributed by atoms with Crippen LogP contribution in [-0.2, 0) is 23.8 Å². The van der Waals surface area contributed by atoms with Crippen LogP contribution in [0.3, 0.4) is 0 Å². The number of ether oxygens (including phenoxy) is 1. The number of fused-ring (bicyclic) bond motifs is 3. The Balaban J connectivity index is 2.25. The van der Waals surface area contributed by atoms with Crippen LogP contribution in [0.5, 0.6) is 5.75 Å². The smallest absolute Gasteiger partial charge is 0.416 e. The van der Waals surface area contributed by atoms with Gasteiger partial charge in [0.05, 0.1) is 17.7 Å². The van der Waals surface area contributed by atoms with E-state index in [1.807, 2.05) is 0 Å². The van der Waals surface area contributed by atoms with Crippen molar-refractivity contribution in [3.63, 3.8) is 0 Å². The summed E-state index contributed by atoms with van der Waals surface area (Å²) >= 11 is 0. The van der Waals surface area contributed by atoms with E-state index in [4.69, 9.17) is 4.74 Å². The van der Waals surface area contributed by atoms with E-state index < -0.39 is 17.3 Å². The van der Waals surface area contributed by atoms with Gasteiger partial charge in [0.25, 0.3) is 0 Å². The lowest BCUT2D eigenvalue weighted by Crippen LogP contribution is -2.45. The molecule has 1 aromatic rings. The number of benzene rings is 1. The summed E-state index contributed by atoms with van der Waals surface area (Å²) in [7, 11) is 0. The average molecular weight is 285 g/mol. The van der Waals surface area contributed by atoms with Crippen molar-refractivity contribution in [2.24, 2.45) is 0 Å². The lowest BCUT2D eigenvalue weighted by Gasteiger charge is -2.34. The van der Waals surface area contributed by atoms with Crippen molar-refractivity contribution in [2.75, 3.05) is 11.9 Å². The minimum atomic E-state index is -4.49. The molecule has 1 N–H and O–H groups in total. The highest BCUT2D eigenvalue weighted by Crippen LogP contribution is 2.46. The Morgan fingerprint density at radius 3 is 2.65 bits per heavy atom. The van der Waals surface area contributed by atoms with Crippen LogP contribution in [-0.4, -0.2) is 17.9 Å². The fourth-order valence-corrected chi connectivity index (χ4v) is 2.74. The zero-order valence-corrected chi connectivity index (χ0v) is 11.1. The molecule has 0 unspecified atom stereocenters. The van der Waals surface area contributed by atoms with E-state index in [2.05, 4.69) is 5.32 Å². The number of hydrogen-bond donors (Lipinski definition) is 1. The van der Waals surface area contributed by atoms with Crippen molar-refractivity contribution in [3.05, 3.63) is 22.8 Å². The van der Waals surface area contributed by atoms with Crippen LogP contribution in [0, 0.1) is 0 Å². The molecule has 6 heteroatoms. The van der Waals surface area contributed by atoms with E-state index in [9.17, 15) is 18.0 Å². The van der Waals surface area contributed by atoms with Crippen LogP contribution in [0.25, 0.3) is 0 Å². The van der Waals surface area contributed by atoms with Gasteiger partial charge in [-0.05, 0) is 25.5 Å². The SMILES string of the molecule is CC1(C)Nc2c3c(cc(C(F)(F)F)c2CC1=O)OCC3. The summed E-state index contributed by atoms with van der Waals surface area (Å²) in [5.41, 5.74) is -0.408. The van der Waals surface area contributed by atoms with Gasteiger partial charge in [-0.1, -0.05) is 0 Å². The Morgan fingerprint density at radius 2 is 2.00 bits per heavy atom. The van der Waals surface area contributed by atoms with Crippen molar-refractivity contribution in [3.8, 4) is 5.75 Å². The molecule has 2 aliphatic heterocycles. The average Bonchev–Trinajstić information content (AvgIpc) is 2.76. The van der Waals surface area contributed by atoms with Crippen LogP contribution in [0.15, 0.2) is 6.07 Å². The molecule has 0 atom stereocenters. The fraction of sp³-hybridized carbons (Fsp3) is 0.500. The van der Waals surface area contributed by atoms with Crippen molar-refractivity contribution in [2.45, 2.75) is 38.4 Å². The molecule has 2 heterocycles. The number of carbonyl (C=O) groups is 1. The molecule has 0 aromatic heterocycles. The normalized spacial score (nSPS) is 19.9. The maximum atomic E-state index is 13.2. The Labute approximate surface area is 114 Å². The number of halogens is 3. The topological polar surface area (TPSA) is 38.3 Å². The molecule has 108 valence electrons. The highest BCUT2D eigenvalue weighted by atomic mass is 19.4. The predicted octanol–water partition coefficient (Wildman–Crippen LogP) is 2.96. The van der Waals surface area contributed by atoms with E-state index in [-0.39, 0.29) is 23.5 Å². The first kappa shape index (κ1) is 13.3. The standard InChI is InChI=1S/C14H14F3NO2/c1-13(2)11(19)5-8-9(14(15,16)17)6-10-7(3-4-20-10)12(8)18-13/h6,18H,3-5H2,1-2H3. The number of Topliss-reactive ketones (excluding diaryl/α,β-unsaturated/α-hetero) is 1. The van der Waals surface area contributed by atoms with Gasteiger partial charge in [-0.2, -0.15) is 13.2 Å². The Morgan fingerprint density at radius 1 is 1.30 bits per heavy atom. The van der Waals surface area contributed by atoms with Crippen molar-refractivity contribution in [1.82, 2.24) is 0 Å². The Hall–Kier alpha value is -1.72. The van der Waals surface area contributed by atoms with Gasteiger partial charge in [0.1, 0.15) is 5.75 Å². The molecule has 0 aliphatic carbocycles. The van der Waals surface area contributed by atoms with E-state index in [0.29, 0.717) is 18.7 Å². The third-order valence-corrected chi connectivity index (χ3v) is 3.89. The van der Waals surface area contributed by atoms with Crippen molar-refractivity contribution >= 4 is 11.5 Å². The monoisotopic (exact) mass is 285 g/mol. The third-order valence-electron chi connectivity index (χ3n) is 3.89. The van der Waals surface area contributed by atoms with Gasteiger partial charge in [-0.3, -0.25) is 4.79 Å². The number of alkyl halides is 3. The molecule has 0 saturated carbocycles. The number of ketones is 1. The van der Waals surface area contributed by atoms with E-state index in [1.165, 1.54) is 0 Å². The zero-order valence-electron chi connectivity index (χ0n) is 11.1. The third kappa shape index (κ3) is 1.85. The molecule has 1 aromatic carbocycles. The van der Waals surface area contributed by atoms with Gasteiger partial charge in [-0.25, -0.2) is 0 Å². The summed E-state index contributed by atoms with van der Waals surface area (Å²) in [5, 5.41) is 2.97. The molecule has 0 radical (unpaired) electrons. The van der Waals surface area contributed by atoms with Crippen molar-refractivity contribution < 1.29 is 22.7 Å². The number of nitrogens with one attached hydrogen (secondary N) is 1. The van der Waals surface area contributed by atoms with Gasteiger partial charge in [0.15, 0.2) is 5.78 Å². The Bertz CT molecular complexity index is 605. The molecule has 0 saturated heterocycles. The van der Waals surface area contributed by atoms with Gasteiger partial charge in [0.2, 0.25) is 0 Å². The molecule has 3 rings (SSSR count). The quantitative estimate of drug-likeness (QED) is 0.796. The molecular formula is C14H14F3NO2. The predicted molar refractivity (Wildman–Crippen MR) is 67.1 cm³/mol. The number of rotatable bonds is 0. The van der Waals surface area contributed by atoms with Gasteiger partial charge < -0.3 is 10.1 Å². The molecule has 2 aliphatic rings. The molecule has 0 fully saturated rings. The second-order valence-corrected chi connectivity index (χ2v) is 5.70. The molecule has 20 heavy (non-hydrogen) atoms. The lowest BCUT2D eigenvalue weighted by molar-refractivity contribution is -0.138. The molecule has 0 spiro atoms. The first-order valence-corrected chi connectivity index (χ1v) is 6.40. The fourth-order valence-electron chi connectivity index (χ4n) is 2.74. The van der Waals surface area contributed by atoms with Crippen LogP contribution in [0.2, 0.25) is 0 Å². The zero-order chi connectivity index (χ0) is 14.7. The summed E-state index contributed by atoms with van der Waals surface area (Å²) in [6.07, 6.45) is -4.13. The van der Waals surface area contributed by atoms with Crippen LogP contribution >= 0.6 is 0 Å². The Kier molecular flexibility index (Phi) is 2.59. The highest BCUT2D eigenvalue weighted by Gasteiger charge is 2.43. The summed E-state index contributed by atoms with van der Waals surface area (Å²) < 4.78 is 44.8. The summed E-state index contributed by atoms with van der Waals surface area (Å²) in [4.78, 5) is 12.0. The summed E-state index contributed by atoms with van der Waals surface area (Å²) in [6.45, 7) is 3.74. The largest absolute Gasteiger partial charge is 0.493 e. The first-order valence-electron chi connectivity index (χ1n) is 6.40. The van der Waals surface area contributed by atoms with E-state index >= 15 is 0 Å². The highest BCUT2D eigenvalue weighted by molar-refractivity contribution is 5.97.